The zero-order valence-electron chi connectivity index (χ0n) is 10.1. The van der Waals surface area contributed by atoms with Crippen LogP contribution in [0.4, 0.5) is 8.78 Å². The van der Waals surface area contributed by atoms with Gasteiger partial charge in [-0.05, 0) is 22.4 Å². The first kappa shape index (κ1) is 13.9. The highest BCUT2D eigenvalue weighted by Gasteiger charge is 2.56. The van der Waals surface area contributed by atoms with Crippen LogP contribution >= 0.6 is 0 Å². The van der Waals surface area contributed by atoms with E-state index in [2.05, 4.69) is 0 Å². The highest BCUT2D eigenvalue weighted by atomic mass is 19.3. The lowest BCUT2D eigenvalue weighted by Crippen LogP contribution is -2.49. The minimum Gasteiger partial charge on any atom is -0.480 e. The number of hydrogen-bond donors (Lipinski definition) is 2. The van der Waals surface area contributed by atoms with Gasteiger partial charge in [-0.15, -0.1) is 0 Å². The highest BCUT2D eigenvalue weighted by molar-refractivity contribution is 6.06. The fourth-order valence-corrected chi connectivity index (χ4v) is 2.09. The third kappa shape index (κ3) is 1.89. The maximum Gasteiger partial charge on any atom is 0.331 e. The van der Waals surface area contributed by atoms with Crippen LogP contribution in [-0.4, -0.2) is 28.6 Å². The van der Waals surface area contributed by atoms with Crippen molar-refractivity contribution in [1.82, 2.24) is 0 Å². The summed E-state index contributed by atoms with van der Waals surface area (Å²) in [6, 6.07) is 10.4. The molecule has 0 aliphatic heterocycles. The minimum absolute atomic E-state index is 0.453. The van der Waals surface area contributed by atoms with Gasteiger partial charge in [-0.2, -0.15) is 0 Å². The third-order valence-corrected chi connectivity index (χ3v) is 3.21. The number of rotatable bonds is 4. The van der Waals surface area contributed by atoms with Crippen LogP contribution in [0.1, 0.15) is 5.56 Å². The summed E-state index contributed by atoms with van der Waals surface area (Å²) in [7, 11) is 0. The van der Waals surface area contributed by atoms with E-state index >= 15 is 0 Å². The lowest BCUT2D eigenvalue weighted by atomic mass is 9.80. The molecule has 0 saturated heterocycles. The van der Waals surface area contributed by atoms with E-state index < -0.39 is 29.3 Å². The Morgan fingerprint density at radius 3 is 2.00 bits per heavy atom. The van der Waals surface area contributed by atoms with Crippen LogP contribution in [0.2, 0.25) is 0 Å². The number of fused-ring (bicyclic) bond motifs is 1. The van der Waals surface area contributed by atoms with Crippen molar-refractivity contribution in [2.24, 2.45) is 0 Å². The van der Waals surface area contributed by atoms with Gasteiger partial charge in [0.2, 0.25) is 5.41 Å². The number of carbonyl (C=O) groups is 2. The standard InChI is InChI=1S/C14H10F2O4/c15-11(16)14(12(17)18,13(19)20)10-6-5-8-3-1-2-4-9(8)7-10/h1-7,11H,(H,17,18)(H,19,20). The summed E-state index contributed by atoms with van der Waals surface area (Å²) in [5, 5.41) is 19.3. The van der Waals surface area contributed by atoms with E-state index in [1.807, 2.05) is 0 Å². The van der Waals surface area contributed by atoms with Crippen molar-refractivity contribution in [3.05, 3.63) is 48.0 Å². The Kier molecular flexibility index (Phi) is 3.40. The van der Waals surface area contributed by atoms with Crippen LogP contribution in [-0.2, 0) is 15.0 Å². The molecule has 0 bridgehead atoms. The molecule has 0 aliphatic carbocycles. The Morgan fingerprint density at radius 2 is 1.50 bits per heavy atom. The van der Waals surface area contributed by atoms with Crippen LogP contribution in [0, 0.1) is 0 Å². The lowest BCUT2D eigenvalue weighted by molar-refractivity contribution is -0.166. The van der Waals surface area contributed by atoms with Gasteiger partial charge in [0.25, 0.3) is 6.43 Å². The monoisotopic (exact) mass is 280 g/mol. The maximum absolute atomic E-state index is 13.2. The summed E-state index contributed by atoms with van der Waals surface area (Å²) >= 11 is 0. The predicted molar refractivity (Wildman–Crippen MR) is 66.9 cm³/mol. The van der Waals surface area contributed by atoms with Crippen LogP contribution in [0.5, 0.6) is 0 Å². The Labute approximate surface area is 112 Å². The molecule has 0 fully saturated rings. The van der Waals surface area contributed by atoms with Crippen molar-refractivity contribution in [3.63, 3.8) is 0 Å². The van der Waals surface area contributed by atoms with Gasteiger partial charge >= 0.3 is 11.9 Å². The molecule has 4 nitrogen and oxygen atoms in total. The highest BCUT2D eigenvalue weighted by Crippen LogP contribution is 2.34. The SMILES string of the molecule is O=C(O)C(C(=O)O)(c1ccc2ccccc2c1)C(F)F. The molecule has 2 N–H and O–H groups in total. The molecule has 0 saturated carbocycles. The molecule has 2 aromatic rings. The molecular formula is C14H10F2O4. The number of carboxylic acids is 2. The zero-order valence-corrected chi connectivity index (χ0v) is 10.1. The largest absolute Gasteiger partial charge is 0.480 e. The van der Waals surface area contributed by atoms with E-state index in [9.17, 15) is 18.4 Å². The number of halogens is 2. The van der Waals surface area contributed by atoms with E-state index in [4.69, 9.17) is 10.2 Å². The Hall–Kier alpha value is -2.50. The van der Waals surface area contributed by atoms with Gasteiger partial charge in [0.1, 0.15) is 0 Å². The van der Waals surface area contributed by atoms with Gasteiger partial charge in [-0.1, -0.05) is 36.4 Å². The molecule has 0 unspecified atom stereocenters. The maximum atomic E-state index is 13.2. The van der Waals surface area contributed by atoms with Crippen molar-refractivity contribution in [2.45, 2.75) is 11.8 Å². The molecule has 0 atom stereocenters. The van der Waals surface area contributed by atoms with E-state index in [0.717, 1.165) is 6.07 Å². The van der Waals surface area contributed by atoms with E-state index in [1.54, 1.807) is 24.3 Å². The number of alkyl halides is 2. The van der Waals surface area contributed by atoms with Gasteiger partial charge in [-0.25, -0.2) is 8.78 Å². The second-order valence-corrected chi connectivity index (χ2v) is 4.28. The quantitative estimate of drug-likeness (QED) is 0.844. The van der Waals surface area contributed by atoms with Crippen molar-refractivity contribution in [2.75, 3.05) is 0 Å². The average molecular weight is 280 g/mol. The number of benzene rings is 2. The summed E-state index contributed by atoms with van der Waals surface area (Å²) in [5.74, 6) is -4.18. The van der Waals surface area contributed by atoms with E-state index in [0.29, 0.717) is 10.8 Å². The molecule has 0 heterocycles. The summed E-state index contributed by atoms with van der Waals surface area (Å²) in [6.45, 7) is 0. The normalized spacial score (nSPS) is 11.8. The molecule has 6 heteroatoms. The van der Waals surface area contributed by atoms with Crippen LogP contribution in [0.15, 0.2) is 42.5 Å². The van der Waals surface area contributed by atoms with Crippen molar-refractivity contribution in [3.8, 4) is 0 Å². The lowest BCUT2D eigenvalue weighted by Gasteiger charge is -2.24. The first-order valence-electron chi connectivity index (χ1n) is 5.65. The third-order valence-electron chi connectivity index (χ3n) is 3.21. The predicted octanol–water partition coefficient (Wildman–Crippen LogP) is 2.51. The van der Waals surface area contributed by atoms with Crippen molar-refractivity contribution >= 4 is 22.7 Å². The zero-order chi connectivity index (χ0) is 14.9. The molecule has 0 spiro atoms. The van der Waals surface area contributed by atoms with Gasteiger partial charge in [0.15, 0.2) is 0 Å². The Balaban J connectivity index is 2.74. The van der Waals surface area contributed by atoms with Crippen LogP contribution < -0.4 is 0 Å². The number of hydrogen-bond acceptors (Lipinski definition) is 2. The molecule has 2 aromatic carbocycles. The van der Waals surface area contributed by atoms with Crippen molar-refractivity contribution in [1.29, 1.82) is 0 Å². The molecule has 104 valence electrons. The molecule has 0 aromatic heterocycles. The van der Waals surface area contributed by atoms with Gasteiger partial charge < -0.3 is 10.2 Å². The average Bonchev–Trinajstić information content (AvgIpc) is 2.38. The molecular weight excluding hydrogens is 270 g/mol. The molecule has 0 amide bonds. The second kappa shape index (κ2) is 4.88. The topological polar surface area (TPSA) is 74.6 Å². The van der Waals surface area contributed by atoms with Crippen molar-refractivity contribution < 1.29 is 28.6 Å². The first-order valence-corrected chi connectivity index (χ1v) is 5.65. The van der Waals surface area contributed by atoms with E-state index in [-0.39, 0.29) is 0 Å². The fraction of sp³-hybridized carbons (Fsp3) is 0.143. The second-order valence-electron chi connectivity index (χ2n) is 4.28. The molecule has 20 heavy (non-hydrogen) atoms. The molecule has 0 aliphatic rings. The first-order chi connectivity index (χ1) is 9.40. The Bertz CT molecular complexity index is 668. The van der Waals surface area contributed by atoms with Gasteiger partial charge in [0.05, 0.1) is 0 Å². The van der Waals surface area contributed by atoms with E-state index in [1.165, 1.54) is 12.1 Å². The van der Waals surface area contributed by atoms with Crippen LogP contribution in [0.25, 0.3) is 10.8 Å². The summed E-state index contributed by atoms with van der Waals surface area (Å²) < 4.78 is 26.4. The smallest absolute Gasteiger partial charge is 0.331 e. The molecule has 0 radical (unpaired) electrons. The van der Waals surface area contributed by atoms with Crippen LogP contribution in [0.3, 0.4) is 0 Å². The minimum atomic E-state index is -3.57. The number of aliphatic carboxylic acids is 2. The summed E-state index contributed by atoms with van der Waals surface area (Å²) in [4.78, 5) is 22.4. The van der Waals surface area contributed by atoms with Gasteiger partial charge in [0, 0.05) is 0 Å². The number of carboxylic acid groups (broad SMARTS) is 2. The van der Waals surface area contributed by atoms with Gasteiger partial charge in [-0.3, -0.25) is 9.59 Å². The Morgan fingerprint density at radius 1 is 0.950 bits per heavy atom. The summed E-state index contributed by atoms with van der Waals surface area (Å²) in [6.07, 6.45) is -3.57. The fourth-order valence-electron chi connectivity index (χ4n) is 2.09. The summed E-state index contributed by atoms with van der Waals surface area (Å²) in [5.41, 5.74) is -3.71. The molecule has 2 rings (SSSR count).